The molecule has 0 aliphatic heterocycles. The lowest BCUT2D eigenvalue weighted by molar-refractivity contribution is 0.0925. The number of carbonyl (C=O) groups is 1. The van der Waals surface area contributed by atoms with Crippen LogP contribution in [0.15, 0.2) is 21.7 Å². The molecule has 0 saturated carbocycles. The van der Waals surface area contributed by atoms with Crippen molar-refractivity contribution in [1.82, 2.24) is 5.43 Å². The van der Waals surface area contributed by atoms with Crippen LogP contribution in [0.1, 0.15) is 43.5 Å². The van der Waals surface area contributed by atoms with Crippen LogP contribution in [0, 0.1) is 12.8 Å². The second-order valence-corrected chi connectivity index (χ2v) is 4.30. The van der Waals surface area contributed by atoms with Crippen LogP contribution < -0.4 is 5.43 Å². The highest BCUT2D eigenvalue weighted by Crippen LogP contribution is 2.06. The Morgan fingerprint density at radius 1 is 1.50 bits per heavy atom. The molecule has 0 aromatic carbocycles. The number of rotatable bonds is 4. The van der Waals surface area contributed by atoms with Crippen molar-refractivity contribution in [3.05, 3.63) is 23.7 Å². The van der Waals surface area contributed by atoms with E-state index >= 15 is 0 Å². The van der Waals surface area contributed by atoms with Crippen molar-refractivity contribution < 1.29 is 9.21 Å². The van der Waals surface area contributed by atoms with E-state index in [4.69, 9.17) is 4.42 Å². The second-order valence-electron chi connectivity index (χ2n) is 4.30. The number of amides is 1. The minimum absolute atomic E-state index is 0.290. The molecule has 0 spiro atoms. The van der Waals surface area contributed by atoms with Crippen molar-refractivity contribution in [3.63, 3.8) is 0 Å². The van der Waals surface area contributed by atoms with Crippen molar-refractivity contribution in [1.29, 1.82) is 0 Å². The van der Waals surface area contributed by atoms with Gasteiger partial charge in [0.15, 0.2) is 5.76 Å². The second kappa shape index (κ2) is 5.49. The molecule has 0 radical (unpaired) electrons. The van der Waals surface area contributed by atoms with Gasteiger partial charge in [0.2, 0.25) is 0 Å². The topological polar surface area (TPSA) is 54.6 Å². The summed E-state index contributed by atoms with van der Waals surface area (Å²) >= 11 is 0. The van der Waals surface area contributed by atoms with Crippen LogP contribution in [0.5, 0.6) is 0 Å². The monoisotopic (exact) mass is 222 g/mol. The maximum atomic E-state index is 11.5. The number of hydrogen-bond acceptors (Lipinski definition) is 3. The first kappa shape index (κ1) is 12.5. The largest absolute Gasteiger partial charge is 0.456 e. The molecule has 0 unspecified atom stereocenters. The van der Waals surface area contributed by atoms with Crippen LogP contribution in [0.3, 0.4) is 0 Å². The summed E-state index contributed by atoms with van der Waals surface area (Å²) in [4.78, 5) is 11.5. The van der Waals surface area contributed by atoms with E-state index in [1.165, 1.54) is 0 Å². The smallest absolute Gasteiger partial charge is 0.307 e. The molecule has 1 N–H and O–H groups in total. The van der Waals surface area contributed by atoms with E-state index in [-0.39, 0.29) is 5.91 Å². The summed E-state index contributed by atoms with van der Waals surface area (Å²) in [7, 11) is 0. The molecule has 0 fully saturated rings. The number of carbonyl (C=O) groups excluding carboxylic acids is 1. The highest BCUT2D eigenvalue weighted by Gasteiger charge is 2.08. The molecule has 1 aromatic heterocycles. The first-order valence-corrected chi connectivity index (χ1v) is 5.39. The Hall–Kier alpha value is -1.58. The summed E-state index contributed by atoms with van der Waals surface area (Å²) in [5.41, 5.74) is 3.38. The average molecular weight is 222 g/mol. The average Bonchev–Trinajstić information content (AvgIpc) is 2.60. The lowest BCUT2D eigenvalue weighted by Crippen LogP contribution is -2.18. The SMILES string of the molecule is CC(CC(C)C)=NNC(=O)c1ccc(C)o1. The van der Waals surface area contributed by atoms with E-state index in [1.807, 2.05) is 6.92 Å². The number of nitrogens with zero attached hydrogens (tertiary/aromatic N) is 1. The molecule has 0 aliphatic rings. The molecular formula is C12H18N2O2. The van der Waals surface area contributed by atoms with Crippen molar-refractivity contribution in [2.75, 3.05) is 0 Å². The zero-order valence-corrected chi connectivity index (χ0v) is 10.2. The van der Waals surface area contributed by atoms with Gasteiger partial charge in [0.05, 0.1) is 0 Å². The standard InChI is InChI=1S/C12H18N2O2/c1-8(2)7-9(3)13-14-12(15)11-6-5-10(4)16-11/h5-6,8H,7H2,1-4H3,(H,14,15). The van der Waals surface area contributed by atoms with E-state index in [1.54, 1.807) is 19.1 Å². The van der Waals surface area contributed by atoms with Gasteiger partial charge in [-0.3, -0.25) is 4.79 Å². The summed E-state index contributed by atoms with van der Waals surface area (Å²) in [6.07, 6.45) is 0.872. The van der Waals surface area contributed by atoms with Crippen LogP contribution in [0.4, 0.5) is 0 Å². The molecule has 1 aromatic rings. The molecule has 0 bridgehead atoms. The summed E-state index contributed by atoms with van der Waals surface area (Å²) in [5.74, 6) is 1.23. The fraction of sp³-hybridized carbons (Fsp3) is 0.500. The third kappa shape index (κ3) is 3.88. The molecule has 1 rings (SSSR count). The molecule has 1 heterocycles. The maximum absolute atomic E-state index is 11.5. The van der Waals surface area contributed by atoms with Gasteiger partial charge in [-0.25, -0.2) is 5.43 Å². The molecule has 16 heavy (non-hydrogen) atoms. The Morgan fingerprint density at radius 2 is 2.19 bits per heavy atom. The first-order chi connectivity index (χ1) is 7.49. The normalized spacial score (nSPS) is 11.9. The predicted octanol–water partition coefficient (Wildman–Crippen LogP) is 2.74. The number of aryl methyl sites for hydroxylation is 1. The Bertz CT molecular complexity index is 391. The van der Waals surface area contributed by atoms with Crippen LogP contribution in [-0.2, 0) is 0 Å². The molecule has 4 heteroatoms. The Kier molecular flexibility index (Phi) is 4.28. The number of hydrazone groups is 1. The highest BCUT2D eigenvalue weighted by molar-refractivity contribution is 5.92. The van der Waals surface area contributed by atoms with Crippen LogP contribution >= 0.6 is 0 Å². The van der Waals surface area contributed by atoms with Crippen molar-refractivity contribution >= 4 is 11.6 Å². The van der Waals surface area contributed by atoms with E-state index in [0.29, 0.717) is 17.4 Å². The molecule has 0 aliphatic carbocycles. The molecule has 88 valence electrons. The van der Waals surface area contributed by atoms with Gasteiger partial charge < -0.3 is 4.42 Å². The molecule has 0 saturated heterocycles. The third-order valence-corrected chi connectivity index (χ3v) is 2.02. The van der Waals surface area contributed by atoms with Gasteiger partial charge >= 0.3 is 5.91 Å². The third-order valence-electron chi connectivity index (χ3n) is 2.02. The number of hydrogen-bond donors (Lipinski definition) is 1. The molecular weight excluding hydrogens is 204 g/mol. The summed E-state index contributed by atoms with van der Waals surface area (Å²) in [5, 5.41) is 4.01. The minimum Gasteiger partial charge on any atom is -0.456 e. The van der Waals surface area contributed by atoms with Crippen molar-refractivity contribution in [3.8, 4) is 0 Å². The first-order valence-electron chi connectivity index (χ1n) is 5.39. The van der Waals surface area contributed by atoms with Crippen molar-refractivity contribution in [2.24, 2.45) is 11.0 Å². The van der Waals surface area contributed by atoms with Gasteiger partial charge in [0, 0.05) is 5.71 Å². The van der Waals surface area contributed by atoms with Gasteiger partial charge in [-0.1, -0.05) is 13.8 Å². The van der Waals surface area contributed by atoms with Gasteiger partial charge in [-0.2, -0.15) is 5.10 Å². The lowest BCUT2D eigenvalue weighted by atomic mass is 10.1. The van der Waals surface area contributed by atoms with Crippen LogP contribution in [0.25, 0.3) is 0 Å². The fourth-order valence-corrected chi connectivity index (χ4v) is 1.39. The zero-order chi connectivity index (χ0) is 12.1. The van der Waals surface area contributed by atoms with Crippen LogP contribution in [0.2, 0.25) is 0 Å². The molecule has 1 amide bonds. The van der Waals surface area contributed by atoms with E-state index in [2.05, 4.69) is 24.4 Å². The Labute approximate surface area is 95.7 Å². The molecule has 4 nitrogen and oxygen atoms in total. The molecule has 0 atom stereocenters. The lowest BCUT2D eigenvalue weighted by Gasteiger charge is -2.03. The predicted molar refractivity (Wildman–Crippen MR) is 63.5 cm³/mol. The Morgan fingerprint density at radius 3 is 2.69 bits per heavy atom. The van der Waals surface area contributed by atoms with E-state index in [9.17, 15) is 4.79 Å². The number of furan rings is 1. The van der Waals surface area contributed by atoms with E-state index < -0.39 is 0 Å². The van der Waals surface area contributed by atoms with Gasteiger partial charge in [0.25, 0.3) is 0 Å². The maximum Gasteiger partial charge on any atom is 0.307 e. The number of nitrogens with one attached hydrogen (secondary N) is 1. The van der Waals surface area contributed by atoms with Gasteiger partial charge in [-0.15, -0.1) is 0 Å². The quantitative estimate of drug-likeness (QED) is 0.629. The van der Waals surface area contributed by atoms with Gasteiger partial charge in [0.1, 0.15) is 5.76 Å². The highest BCUT2D eigenvalue weighted by atomic mass is 16.3. The zero-order valence-electron chi connectivity index (χ0n) is 10.2. The fourth-order valence-electron chi connectivity index (χ4n) is 1.39. The Balaban J connectivity index is 2.52. The summed E-state index contributed by atoms with van der Waals surface area (Å²) < 4.78 is 5.18. The van der Waals surface area contributed by atoms with Crippen LogP contribution in [-0.4, -0.2) is 11.6 Å². The summed E-state index contributed by atoms with van der Waals surface area (Å²) in [6.45, 7) is 7.91. The van der Waals surface area contributed by atoms with Gasteiger partial charge in [-0.05, 0) is 38.3 Å². The van der Waals surface area contributed by atoms with E-state index in [0.717, 1.165) is 12.1 Å². The summed E-state index contributed by atoms with van der Waals surface area (Å²) in [6, 6.07) is 3.39. The minimum atomic E-state index is -0.309. The van der Waals surface area contributed by atoms with Crippen molar-refractivity contribution in [2.45, 2.75) is 34.1 Å².